The Labute approximate surface area is 144 Å². The zero-order valence-corrected chi connectivity index (χ0v) is 14.3. The Balaban J connectivity index is 2.17. The van der Waals surface area contributed by atoms with Crippen LogP contribution >= 0.6 is 11.6 Å². The molecule has 1 amide bonds. The normalized spacial score (nSPS) is 11.5. The molecule has 0 heterocycles. The van der Waals surface area contributed by atoms with E-state index in [1.807, 2.05) is 0 Å². The summed E-state index contributed by atoms with van der Waals surface area (Å²) in [4.78, 5) is 11.7. The minimum Gasteiger partial charge on any atom is -0.495 e. The lowest BCUT2D eigenvalue weighted by molar-refractivity contribution is -0.111. The molecule has 126 valence electrons. The van der Waals surface area contributed by atoms with Gasteiger partial charge < -0.3 is 10.1 Å². The number of benzene rings is 2. The van der Waals surface area contributed by atoms with Gasteiger partial charge in [0.05, 0.1) is 7.11 Å². The van der Waals surface area contributed by atoms with Crippen molar-refractivity contribution in [2.45, 2.75) is 4.90 Å². The van der Waals surface area contributed by atoms with Crippen LogP contribution in [0.15, 0.2) is 53.4 Å². The van der Waals surface area contributed by atoms with E-state index in [0.29, 0.717) is 5.02 Å². The van der Waals surface area contributed by atoms with Gasteiger partial charge in [0.2, 0.25) is 15.9 Å². The molecular weight excluding hydrogens is 352 g/mol. The van der Waals surface area contributed by atoms with Gasteiger partial charge in [-0.2, -0.15) is 0 Å². The molecule has 6 nitrogen and oxygen atoms in total. The third kappa shape index (κ3) is 4.82. The van der Waals surface area contributed by atoms with E-state index in [1.54, 1.807) is 30.3 Å². The number of halogens is 1. The van der Waals surface area contributed by atoms with Crippen LogP contribution in [0.3, 0.4) is 0 Å². The molecule has 3 N–H and O–H groups in total. The summed E-state index contributed by atoms with van der Waals surface area (Å²) >= 11 is 5.86. The summed E-state index contributed by atoms with van der Waals surface area (Å²) in [7, 11) is -2.64. The Morgan fingerprint density at radius 3 is 2.62 bits per heavy atom. The molecule has 2 rings (SSSR count). The van der Waals surface area contributed by atoms with Crippen LogP contribution in [0.1, 0.15) is 5.56 Å². The number of nitrogens with two attached hydrogens (primary N) is 1. The Bertz CT molecular complexity index is 895. The van der Waals surface area contributed by atoms with Crippen LogP contribution in [-0.2, 0) is 14.8 Å². The van der Waals surface area contributed by atoms with E-state index < -0.39 is 15.9 Å². The molecule has 0 saturated heterocycles. The fraction of sp³-hybridized carbons (Fsp3) is 0.0625. The summed E-state index contributed by atoms with van der Waals surface area (Å²) in [5.74, 6) is -0.328. The van der Waals surface area contributed by atoms with Crippen molar-refractivity contribution in [3.05, 3.63) is 59.1 Å². The Hall–Kier alpha value is -2.35. The first-order chi connectivity index (χ1) is 11.3. The van der Waals surface area contributed by atoms with Crippen LogP contribution in [0.2, 0.25) is 5.02 Å². The lowest BCUT2D eigenvalue weighted by atomic mass is 10.2. The number of carbonyl (C=O) groups excluding carboxylic acids is 1. The molecule has 0 aliphatic carbocycles. The Morgan fingerprint density at radius 1 is 1.25 bits per heavy atom. The Morgan fingerprint density at radius 2 is 2.00 bits per heavy atom. The highest BCUT2D eigenvalue weighted by atomic mass is 35.5. The first-order valence-corrected chi connectivity index (χ1v) is 8.67. The lowest BCUT2D eigenvalue weighted by Crippen LogP contribution is -2.15. The smallest absolute Gasteiger partial charge is 0.248 e. The number of ether oxygens (including phenoxy) is 1. The molecule has 0 unspecified atom stereocenters. The van der Waals surface area contributed by atoms with Crippen LogP contribution < -0.4 is 15.2 Å². The maximum Gasteiger partial charge on any atom is 0.248 e. The van der Waals surface area contributed by atoms with Crippen LogP contribution in [0.4, 0.5) is 5.69 Å². The van der Waals surface area contributed by atoms with Crippen molar-refractivity contribution < 1.29 is 17.9 Å². The van der Waals surface area contributed by atoms with E-state index in [2.05, 4.69) is 5.32 Å². The molecule has 24 heavy (non-hydrogen) atoms. The summed E-state index contributed by atoms with van der Waals surface area (Å²) in [5.41, 5.74) is 1.04. The highest BCUT2D eigenvalue weighted by Gasteiger charge is 2.16. The number of primary sulfonamides is 1. The predicted octanol–water partition coefficient (Wildman–Crippen LogP) is 2.65. The first-order valence-electron chi connectivity index (χ1n) is 6.75. The summed E-state index contributed by atoms with van der Waals surface area (Å²) < 4.78 is 28.1. The first kappa shape index (κ1) is 18.0. The number of rotatable bonds is 5. The second kappa shape index (κ2) is 7.48. The van der Waals surface area contributed by atoms with Crippen LogP contribution in [0.5, 0.6) is 5.75 Å². The van der Waals surface area contributed by atoms with Crippen LogP contribution in [-0.4, -0.2) is 21.4 Å². The molecule has 0 aromatic heterocycles. The number of carbonyl (C=O) groups is 1. The fourth-order valence-electron chi connectivity index (χ4n) is 1.94. The second-order valence-electron chi connectivity index (χ2n) is 4.79. The quantitative estimate of drug-likeness (QED) is 0.794. The van der Waals surface area contributed by atoms with Gasteiger partial charge >= 0.3 is 0 Å². The average molecular weight is 367 g/mol. The zero-order chi connectivity index (χ0) is 17.7. The largest absolute Gasteiger partial charge is 0.495 e. The van der Waals surface area contributed by atoms with Crippen LogP contribution in [0.25, 0.3) is 6.08 Å². The topological polar surface area (TPSA) is 98.5 Å². The lowest BCUT2D eigenvalue weighted by Gasteiger charge is -2.09. The van der Waals surface area contributed by atoms with Crippen molar-refractivity contribution in [2.24, 2.45) is 5.14 Å². The van der Waals surface area contributed by atoms with Gasteiger partial charge in [0, 0.05) is 16.8 Å². The number of hydrogen-bond acceptors (Lipinski definition) is 4. The molecule has 2 aromatic carbocycles. The third-order valence-electron chi connectivity index (χ3n) is 3.01. The molecule has 0 saturated carbocycles. The average Bonchev–Trinajstić information content (AvgIpc) is 2.52. The maximum absolute atomic E-state index is 11.9. The van der Waals surface area contributed by atoms with Gasteiger partial charge in [-0.1, -0.05) is 23.7 Å². The number of nitrogens with one attached hydrogen (secondary N) is 1. The second-order valence-corrected chi connectivity index (χ2v) is 6.75. The maximum atomic E-state index is 11.9. The number of hydrogen-bond donors (Lipinski definition) is 2. The molecule has 0 fully saturated rings. The van der Waals surface area contributed by atoms with Gasteiger partial charge in [-0.25, -0.2) is 13.6 Å². The Kier molecular flexibility index (Phi) is 5.61. The van der Waals surface area contributed by atoms with E-state index in [0.717, 1.165) is 5.56 Å². The van der Waals surface area contributed by atoms with Crippen molar-refractivity contribution in [1.29, 1.82) is 0 Å². The molecule has 2 aromatic rings. The highest BCUT2D eigenvalue weighted by Crippen LogP contribution is 2.26. The SMILES string of the molecule is COc1ccc(NC(=O)/C=C/c2cccc(Cl)c2)cc1S(N)(=O)=O. The van der Waals surface area contributed by atoms with Gasteiger partial charge in [-0.15, -0.1) is 0 Å². The van der Waals surface area contributed by atoms with E-state index in [9.17, 15) is 13.2 Å². The number of methoxy groups -OCH3 is 1. The van der Waals surface area contributed by atoms with Crippen molar-refractivity contribution in [3.63, 3.8) is 0 Å². The third-order valence-corrected chi connectivity index (χ3v) is 4.18. The van der Waals surface area contributed by atoms with Gasteiger partial charge in [0.15, 0.2) is 0 Å². The van der Waals surface area contributed by atoms with Crippen molar-refractivity contribution in [1.82, 2.24) is 0 Å². The highest BCUT2D eigenvalue weighted by molar-refractivity contribution is 7.89. The summed E-state index contributed by atoms with van der Waals surface area (Å²) in [5, 5.41) is 8.25. The van der Waals surface area contributed by atoms with Crippen LogP contribution in [0, 0.1) is 0 Å². The number of anilines is 1. The van der Waals surface area contributed by atoms with Gasteiger partial charge in [-0.3, -0.25) is 4.79 Å². The molecule has 8 heteroatoms. The van der Waals surface area contributed by atoms with Gasteiger partial charge in [0.1, 0.15) is 10.6 Å². The van der Waals surface area contributed by atoms with Gasteiger partial charge in [-0.05, 0) is 42.0 Å². The standard InChI is InChI=1S/C16H15ClN2O4S/c1-23-14-7-6-13(10-15(14)24(18,21)22)19-16(20)8-5-11-3-2-4-12(17)9-11/h2-10H,1H3,(H,19,20)(H2,18,21,22)/b8-5+. The van der Waals surface area contributed by atoms with Crippen molar-refractivity contribution in [3.8, 4) is 5.75 Å². The van der Waals surface area contributed by atoms with E-state index >= 15 is 0 Å². The van der Waals surface area contributed by atoms with E-state index in [1.165, 1.54) is 31.4 Å². The van der Waals surface area contributed by atoms with Gasteiger partial charge in [0.25, 0.3) is 0 Å². The molecule has 0 radical (unpaired) electrons. The summed E-state index contributed by atoms with van der Waals surface area (Å²) in [6.45, 7) is 0. The summed E-state index contributed by atoms with van der Waals surface area (Å²) in [6.07, 6.45) is 2.90. The van der Waals surface area contributed by atoms with Crippen molar-refractivity contribution >= 4 is 39.3 Å². The molecular formula is C16H15ClN2O4S. The number of sulfonamides is 1. The fourth-order valence-corrected chi connectivity index (χ4v) is 2.86. The minimum atomic E-state index is -3.97. The van der Waals surface area contributed by atoms with E-state index in [4.69, 9.17) is 21.5 Å². The molecule has 0 spiro atoms. The molecule has 0 bridgehead atoms. The summed E-state index contributed by atoms with van der Waals surface area (Å²) in [6, 6.07) is 11.2. The minimum absolute atomic E-state index is 0.102. The zero-order valence-electron chi connectivity index (χ0n) is 12.7. The molecule has 0 aliphatic rings. The van der Waals surface area contributed by atoms with Crippen molar-refractivity contribution in [2.75, 3.05) is 12.4 Å². The molecule has 0 atom stereocenters. The monoisotopic (exact) mass is 366 g/mol. The van der Waals surface area contributed by atoms with E-state index in [-0.39, 0.29) is 16.3 Å². The predicted molar refractivity (Wildman–Crippen MR) is 93.5 cm³/mol. The molecule has 0 aliphatic heterocycles. The number of amides is 1.